The lowest BCUT2D eigenvalue weighted by Gasteiger charge is -2.17. The van der Waals surface area contributed by atoms with Crippen LogP contribution < -0.4 is 10.6 Å². The molecular formula is C27H32N2O5. The van der Waals surface area contributed by atoms with E-state index in [-0.39, 0.29) is 42.7 Å². The molecule has 180 valence electrons. The number of carboxylic acids is 1. The maximum atomic E-state index is 12.5. The van der Waals surface area contributed by atoms with E-state index >= 15 is 0 Å². The van der Waals surface area contributed by atoms with Crippen LogP contribution >= 0.6 is 0 Å². The van der Waals surface area contributed by atoms with Crippen molar-refractivity contribution in [3.63, 3.8) is 0 Å². The molecule has 2 amide bonds. The SMILES string of the molecule is CCCC[C@H](CC(=O)O)NC(=O)[C@H]1C[C@H]1CNC(=O)OCC1c2ccccc2-c2ccccc21. The van der Waals surface area contributed by atoms with Crippen LogP contribution in [0, 0.1) is 11.8 Å². The summed E-state index contributed by atoms with van der Waals surface area (Å²) < 4.78 is 5.55. The average Bonchev–Trinajstić information content (AvgIpc) is 3.55. The molecule has 0 aliphatic heterocycles. The van der Waals surface area contributed by atoms with Gasteiger partial charge in [-0.15, -0.1) is 0 Å². The highest BCUT2D eigenvalue weighted by molar-refractivity contribution is 5.82. The van der Waals surface area contributed by atoms with E-state index in [1.807, 2.05) is 31.2 Å². The first-order valence-electron chi connectivity index (χ1n) is 12.1. The molecule has 2 aromatic carbocycles. The molecule has 3 N–H and O–H groups in total. The topological polar surface area (TPSA) is 105 Å². The Kier molecular flexibility index (Phi) is 7.50. The number of hydrogen-bond acceptors (Lipinski definition) is 4. The fraction of sp³-hybridized carbons (Fsp3) is 0.444. The maximum absolute atomic E-state index is 12.5. The van der Waals surface area contributed by atoms with Gasteiger partial charge in [-0.1, -0.05) is 68.3 Å². The van der Waals surface area contributed by atoms with Gasteiger partial charge in [-0.3, -0.25) is 9.59 Å². The zero-order valence-electron chi connectivity index (χ0n) is 19.5. The largest absolute Gasteiger partial charge is 0.481 e. The number of rotatable bonds is 11. The molecule has 0 unspecified atom stereocenters. The lowest BCUT2D eigenvalue weighted by atomic mass is 9.98. The van der Waals surface area contributed by atoms with Crippen molar-refractivity contribution in [2.75, 3.05) is 13.2 Å². The van der Waals surface area contributed by atoms with Crippen LogP contribution in [0.3, 0.4) is 0 Å². The van der Waals surface area contributed by atoms with Crippen molar-refractivity contribution in [1.82, 2.24) is 10.6 Å². The highest BCUT2D eigenvalue weighted by Crippen LogP contribution is 2.44. The minimum Gasteiger partial charge on any atom is -0.481 e. The average molecular weight is 465 g/mol. The number of nitrogens with one attached hydrogen (secondary N) is 2. The molecule has 34 heavy (non-hydrogen) atoms. The summed E-state index contributed by atoms with van der Waals surface area (Å²) in [7, 11) is 0. The van der Waals surface area contributed by atoms with Crippen molar-refractivity contribution >= 4 is 18.0 Å². The van der Waals surface area contributed by atoms with E-state index in [9.17, 15) is 14.4 Å². The Labute approximate surface area is 199 Å². The summed E-state index contributed by atoms with van der Waals surface area (Å²) in [6.45, 7) is 2.65. The van der Waals surface area contributed by atoms with E-state index < -0.39 is 12.1 Å². The van der Waals surface area contributed by atoms with Gasteiger partial charge in [0.25, 0.3) is 0 Å². The lowest BCUT2D eigenvalue weighted by molar-refractivity contribution is -0.137. The summed E-state index contributed by atoms with van der Waals surface area (Å²) in [6.07, 6.45) is 2.60. The van der Waals surface area contributed by atoms with Gasteiger partial charge < -0.3 is 20.5 Å². The summed E-state index contributed by atoms with van der Waals surface area (Å²) in [6, 6.07) is 16.0. The van der Waals surface area contributed by atoms with Crippen LogP contribution in [-0.2, 0) is 14.3 Å². The zero-order chi connectivity index (χ0) is 24.1. The summed E-state index contributed by atoms with van der Waals surface area (Å²) in [4.78, 5) is 35.9. The number of hydrogen-bond donors (Lipinski definition) is 3. The molecule has 0 aromatic heterocycles. The number of carbonyl (C=O) groups is 3. The Morgan fingerprint density at radius 1 is 1.06 bits per heavy atom. The van der Waals surface area contributed by atoms with E-state index in [2.05, 4.69) is 34.9 Å². The van der Waals surface area contributed by atoms with Crippen LogP contribution in [0.15, 0.2) is 48.5 Å². The second kappa shape index (κ2) is 10.7. The summed E-state index contributed by atoms with van der Waals surface area (Å²) in [5, 5.41) is 14.7. The lowest BCUT2D eigenvalue weighted by Crippen LogP contribution is -2.38. The first-order chi connectivity index (χ1) is 16.5. The summed E-state index contributed by atoms with van der Waals surface area (Å²) in [5.41, 5.74) is 4.68. The van der Waals surface area contributed by atoms with E-state index in [4.69, 9.17) is 9.84 Å². The number of benzene rings is 2. The van der Waals surface area contributed by atoms with E-state index in [1.54, 1.807) is 0 Å². The molecule has 2 aromatic rings. The van der Waals surface area contributed by atoms with Crippen molar-refractivity contribution in [3.8, 4) is 11.1 Å². The third kappa shape index (κ3) is 5.58. The van der Waals surface area contributed by atoms with Crippen molar-refractivity contribution in [2.45, 2.75) is 51.0 Å². The Morgan fingerprint density at radius 3 is 2.32 bits per heavy atom. The van der Waals surface area contributed by atoms with Gasteiger partial charge in [0.1, 0.15) is 6.61 Å². The van der Waals surface area contributed by atoms with Gasteiger partial charge in [0.15, 0.2) is 0 Å². The zero-order valence-corrected chi connectivity index (χ0v) is 19.5. The van der Waals surface area contributed by atoms with E-state index in [0.717, 1.165) is 24.0 Å². The quantitative estimate of drug-likeness (QED) is 0.460. The van der Waals surface area contributed by atoms with Crippen LogP contribution in [0.2, 0.25) is 0 Å². The Bertz CT molecular complexity index is 1010. The van der Waals surface area contributed by atoms with Crippen molar-refractivity contribution in [1.29, 1.82) is 0 Å². The fourth-order valence-electron chi connectivity index (χ4n) is 4.85. The smallest absolute Gasteiger partial charge is 0.407 e. The molecule has 4 rings (SSSR count). The number of carboxylic acid groups (broad SMARTS) is 1. The molecule has 7 nitrogen and oxygen atoms in total. The molecule has 0 heterocycles. The van der Waals surface area contributed by atoms with Gasteiger partial charge in [-0.2, -0.15) is 0 Å². The molecule has 0 bridgehead atoms. The van der Waals surface area contributed by atoms with Gasteiger partial charge in [-0.25, -0.2) is 4.79 Å². The van der Waals surface area contributed by atoms with Gasteiger partial charge in [0.2, 0.25) is 5.91 Å². The monoisotopic (exact) mass is 464 g/mol. The van der Waals surface area contributed by atoms with E-state index in [1.165, 1.54) is 11.1 Å². The van der Waals surface area contributed by atoms with Gasteiger partial charge >= 0.3 is 12.1 Å². The molecule has 2 aliphatic rings. The fourth-order valence-corrected chi connectivity index (χ4v) is 4.85. The second-order valence-electron chi connectivity index (χ2n) is 9.25. The predicted molar refractivity (Wildman–Crippen MR) is 128 cm³/mol. The highest BCUT2D eigenvalue weighted by atomic mass is 16.5. The van der Waals surface area contributed by atoms with Crippen LogP contribution in [-0.4, -0.2) is 42.3 Å². The van der Waals surface area contributed by atoms with Crippen LogP contribution in [0.25, 0.3) is 11.1 Å². The number of carbonyl (C=O) groups excluding carboxylic acids is 2. The van der Waals surface area contributed by atoms with Crippen LogP contribution in [0.5, 0.6) is 0 Å². The molecule has 1 fully saturated rings. The third-order valence-electron chi connectivity index (χ3n) is 6.79. The molecule has 7 heteroatoms. The molecule has 0 spiro atoms. The number of ether oxygens (including phenoxy) is 1. The normalized spacial score (nSPS) is 19.0. The highest BCUT2D eigenvalue weighted by Gasteiger charge is 2.43. The first kappa shape index (κ1) is 23.8. The Hall–Kier alpha value is -3.35. The molecule has 0 saturated heterocycles. The van der Waals surface area contributed by atoms with Gasteiger partial charge in [0.05, 0.1) is 6.42 Å². The minimum absolute atomic E-state index is 0.00638. The molecular weight excluding hydrogens is 432 g/mol. The molecule has 0 radical (unpaired) electrons. The Morgan fingerprint density at radius 2 is 1.71 bits per heavy atom. The molecule has 2 aliphatic carbocycles. The maximum Gasteiger partial charge on any atom is 0.407 e. The Balaban J connectivity index is 1.23. The van der Waals surface area contributed by atoms with Crippen molar-refractivity contribution in [2.24, 2.45) is 11.8 Å². The number of amides is 2. The molecule has 1 saturated carbocycles. The summed E-state index contributed by atoms with van der Waals surface area (Å²) in [5.74, 6) is -1.16. The summed E-state index contributed by atoms with van der Waals surface area (Å²) >= 11 is 0. The predicted octanol–water partition coefficient (Wildman–Crippen LogP) is 4.31. The number of aliphatic carboxylic acids is 1. The van der Waals surface area contributed by atoms with Crippen LogP contribution in [0.1, 0.15) is 56.1 Å². The van der Waals surface area contributed by atoms with Crippen molar-refractivity contribution < 1.29 is 24.2 Å². The van der Waals surface area contributed by atoms with Crippen molar-refractivity contribution in [3.05, 3.63) is 59.7 Å². The first-order valence-corrected chi connectivity index (χ1v) is 12.1. The van der Waals surface area contributed by atoms with Crippen LogP contribution in [0.4, 0.5) is 4.79 Å². The number of unbranched alkanes of at least 4 members (excludes halogenated alkanes) is 1. The minimum atomic E-state index is -0.911. The van der Waals surface area contributed by atoms with Gasteiger partial charge in [0, 0.05) is 24.4 Å². The third-order valence-corrected chi connectivity index (χ3v) is 6.79. The molecule has 3 atom stereocenters. The second-order valence-corrected chi connectivity index (χ2v) is 9.25. The number of alkyl carbamates (subject to hydrolysis) is 1. The number of fused-ring (bicyclic) bond motifs is 3. The standard InChI is InChI=1S/C27H32N2O5/c1-2-3-8-18(14-25(30)31)29-26(32)23-13-17(23)15-28-27(33)34-16-24-21-11-6-4-9-19(21)20-10-5-7-12-22(20)24/h4-7,9-12,17-18,23-24H,2-3,8,13-16H2,1H3,(H,28,33)(H,29,32)(H,30,31)/t17-,18+,23-/m0/s1. The van der Waals surface area contributed by atoms with E-state index in [0.29, 0.717) is 19.4 Å². The van der Waals surface area contributed by atoms with Gasteiger partial charge in [-0.05, 0) is 41.0 Å².